The molecule has 3 rings (SSSR count). The Morgan fingerprint density at radius 1 is 1.38 bits per heavy atom. The molecule has 0 aliphatic carbocycles. The quantitative estimate of drug-likeness (QED) is 0.888. The molecule has 24 heavy (non-hydrogen) atoms. The maximum absolute atomic E-state index is 13.0. The van der Waals surface area contributed by atoms with Gasteiger partial charge in [-0.2, -0.15) is 9.40 Å². The number of nitrogens with zero attached hydrogens (tertiary/aromatic N) is 4. The number of carboxylic acids is 1. The highest BCUT2D eigenvalue weighted by Crippen LogP contribution is 2.35. The minimum absolute atomic E-state index is 0.00234. The Labute approximate surface area is 139 Å². The normalized spacial score (nSPS) is 21.9. The molecule has 1 aliphatic heterocycles. The highest BCUT2D eigenvalue weighted by Gasteiger charge is 2.50. The van der Waals surface area contributed by atoms with E-state index in [1.807, 2.05) is 0 Å². The fourth-order valence-corrected chi connectivity index (χ4v) is 4.96. The van der Waals surface area contributed by atoms with Crippen LogP contribution in [0.2, 0.25) is 0 Å². The summed E-state index contributed by atoms with van der Waals surface area (Å²) in [6.45, 7) is 3.25. The lowest BCUT2D eigenvalue weighted by Gasteiger charge is -2.29. The van der Waals surface area contributed by atoms with E-state index in [-0.39, 0.29) is 17.9 Å². The summed E-state index contributed by atoms with van der Waals surface area (Å²) in [5.41, 5.74) is -1.04. The summed E-state index contributed by atoms with van der Waals surface area (Å²) < 4.78 is 28.5. The van der Waals surface area contributed by atoms with E-state index in [9.17, 15) is 18.3 Å². The minimum Gasteiger partial charge on any atom is -0.480 e. The number of hydrogen-bond acceptors (Lipinski definition) is 5. The molecule has 0 spiro atoms. The zero-order chi connectivity index (χ0) is 17.5. The lowest BCUT2D eigenvalue weighted by atomic mass is 10.0. The van der Waals surface area contributed by atoms with E-state index in [4.69, 9.17) is 0 Å². The number of carboxylic acid groups (broad SMARTS) is 1. The Hall–Kier alpha value is -2.26. The number of aliphatic carboxylic acids is 1. The fraction of sp³-hybridized carbons (Fsp3) is 0.400. The van der Waals surface area contributed by atoms with Crippen LogP contribution in [0, 0.1) is 6.92 Å². The van der Waals surface area contributed by atoms with Crippen LogP contribution in [0.4, 0.5) is 0 Å². The molecule has 3 heterocycles. The summed E-state index contributed by atoms with van der Waals surface area (Å²) in [7, 11) is -3.97. The first-order valence-corrected chi connectivity index (χ1v) is 8.95. The van der Waals surface area contributed by atoms with Gasteiger partial charge in [0.15, 0.2) is 5.82 Å². The van der Waals surface area contributed by atoms with Gasteiger partial charge in [0, 0.05) is 12.7 Å². The van der Waals surface area contributed by atoms with Crippen LogP contribution in [0.3, 0.4) is 0 Å². The zero-order valence-electron chi connectivity index (χ0n) is 13.4. The Bertz CT molecular complexity index is 878. The van der Waals surface area contributed by atoms with E-state index < -0.39 is 21.5 Å². The predicted molar refractivity (Wildman–Crippen MR) is 85.3 cm³/mol. The molecule has 0 bridgehead atoms. The van der Waals surface area contributed by atoms with Gasteiger partial charge in [-0.3, -0.25) is 4.79 Å². The molecule has 1 aliphatic rings. The van der Waals surface area contributed by atoms with Crippen molar-refractivity contribution in [3.05, 3.63) is 36.3 Å². The maximum Gasteiger partial charge on any atom is 0.324 e. The molecule has 2 aromatic rings. The maximum atomic E-state index is 13.0. The minimum atomic E-state index is -3.97. The van der Waals surface area contributed by atoms with Crippen LogP contribution in [0.1, 0.15) is 25.5 Å². The molecular weight excluding hydrogens is 332 g/mol. The number of rotatable bonds is 4. The molecule has 0 radical (unpaired) electrons. The largest absolute Gasteiger partial charge is 0.480 e. The molecule has 1 unspecified atom stereocenters. The second-order valence-corrected chi connectivity index (χ2v) is 7.78. The molecule has 0 aromatic carbocycles. The zero-order valence-corrected chi connectivity index (χ0v) is 14.2. The van der Waals surface area contributed by atoms with Crippen LogP contribution >= 0.6 is 0 Å². The lowest BCUT2D eigenvalue weighted by molar-refractivity contribution is -0.146. The van der Waals surface area contributed by atoms with Crippen molar-refractivity contribution < 1.29 is 18.3 Å². The van der Waals surface area contributed by atoms with Gasteiger partial charge in [0.05, 0.1) is 11.9 Å². The average molecular weight is 350 g/mol. The Balaban J connectivity index is 2.06. The van der Waals surface area contributed by atoms with Crippen molar-refractivity contribution in [2.45, 2.75) is 37.1 Å². The third kappa shape index (κ3) is 2.40. The number of sulfonamides is 1. The molecule has 2 aromatic heterocycles. The summed E-state index contributed by atoms with van der Waals surface area (Å²) in [5.74, 6) is -0.641. The monoisotopic (exact) mass is 350 g/mol. The first-order valence-electron chi connectivity index (χ1n) is 7.51. The van der Waals surface area contributed by atoms with Crippen LogP contribution in [0.25, 0.3) is 5.82 Å². The molecule has 0 amide bonds. The van der Waals surface area contributed by atoms with Crippen molar-refractivity contribution in [2.24, 2.45) is 0 Å². The number of pyridine rings is 1. The first kappa shape index (κ1) is 16.6. The summed E-state index contributed by atoms with van der Waals surface area (Å²) in [5, 5.41) is 13.6. The van der Waals surface area contributed by atoms with E-state index >= 15 is 0 Å². The summed E-state index contributed by atoms with van der Waals surface area (Å²) in [6.07, 6.45) is 3.64. The lowest BCUT2D eigenvalue weighted by Crippen LogP contribution is -2.50. The second kappa shape index (κ2) is 5.67. The van der Waals surface area contributed by atoms with Gasteiger partial charge in [0.2, 0.25) is 10.0 Å². The number of aromatic nitrogens is 3. The van der Waals surface area contributed by atoms with Gasteiger partial charge in [0.1, 0.15) is 10.4 Å². The number of carbonyl (C=O) groups is 1. The molecular formula is C15H18N4O4S. The summed E-state index contributed by atoms with van der Waals surface area (Å²) in [6, 6.07) is 5.25. The van der Waals surface area contributed by atoms with Crippen LogP contribution in [-0.4, -0.2) is 50.6 Å². The van der Waals surface area contributed by atoms with E-state index in [1.54, 1.807) is 31.3 Å². The molecule has 1 fully saturated rings. The Morgan fingerprint density at radius 2 is 2.12 bits per heavy atom. The third-order valence-electron chi connectivity index (χ3n) is 4.44. The van der Waals surface area contributed by atoms with Gasteiger partial charge < -0.3 is 5.11 Å². The highest BCUT2D eigenvalue weighted by atomic mass is 32.2. The van der Waals surface area contributed by atoms with E-state index in [1.165, 1.54) is 17.8 Å². The van der Waals surface area contributed by atoms with Gasteiger partial charge in [-0.25, -0.2) is 18.1 Å². The first-order chi connectivity index (χ1) is 11.3. The smallest absolute Gasteiger partial charge is 0.324 e. The van der Waals surface area contributed by atoms with Crippen molar-refractivity contribution in [3.8, 4) is 5.82 Å². The van der Waals surface area contributed by atoms with Crippen molar-refractivity contribution in [1.82, 2.24) is 19.1 Å². The third-order valence-corrected chi connectivity index (χ3v) is 6.56. The van der Waals surface area contributed by atoms with Crippen LogP contribution in [0.5, 0.6) is 0 Å². The van der Waals surface area contributed by atoms with E-state index in [0.717, 1.165) is 4.31 Å². The molecule has 0 saturated carbocycles. The summed E-state index contributed by atoms with van der Waals surface area (Å²) in [4.78, 5) is 15.7. The number of hydrogen-bond donors (Lipinski definition) is 1. The topological polar surface area (TPSA) is 105 Å². The Kier molecular flexibility index (Phi) is 3.92. The Morgan fingerprint density at radius 3 is 2.75 bits per heavy atom. The van der Waals surface area contributed by atoms with Gasteiger partial charge >= 0.3 is 5.97 Å². The predicted octanol–water partition coefficient (Wildman–Crippen LogP) is 1.20. The van der Waals surface area contributed by atoms with Gasteiger partial charge in [-0.1, -0.05) is 6.07 Å². The van der Waals surface area contributed by atoms with E-state index in [2.05, 4.69) is 10.1 Å². The molecule has 9 heteroatoms. The van der Waals surface area contributed by atoms with Crippen LogP contribution in [0.15, 0.2) is 35.5 Å². The van der Waals surface area contributed by atoms with Crippen LogP contribution < -0.4 is 0 Å². The molecule has 1 atom stereocenters. The SMILES string of the molecule is Cc1c(S(=O)(=O)N2CCCC2(C)C(=O)O)cnn1-c1ccccn1. The van der Waals surface area contributed by atoms with Crippen molar-refractivity contribution in [1.29, 1.82) is 0 Å². The van der Waals surface area contributed by atoms with Crippen molar-refractivity contribution >= 4 is 16.0 Å². The molecule has 1 saturated heterocycles. The van der Waals surface area contributed by atoms with E-state index in [0.29, 0.717) is 17.9 Å². The molecule has 8 nitrogen and oxygen atoms in total. The van der Waals surface area contributed by atoms with Gasteiger partial charge in [0.25, 0.3) is 0 Å². The highest BCUT2D eigenvalue weighted by molar-refractivity contribution is 7.89. The van der Waals surface area contributed by atoms with Crippen LogP contribution in [-0.2, 0) is 14.8 Å². The fourth-order valence-electron chi connectivity index (χ4n) is 3.01. The molecule has 128 valence electrons. The summed E-state index contributed by atoms with van der Waals surface area (Å²) >= 11 is 0. The average Bonchev–Trinajstić information content (AvgIpc) is 3.13. The van der Waals surface area contributed by atoms with Crippen molar-refractivity contribution in [3.63, 3.8) is 0 Å². The second-order valence-electron chi connectivity index (χ2n) is 5.95. The molecule has 1 N–H and O–H groups in total. The van der Waals surface area contributed by atoms with Gasteiger partial charge in [-0.05, 0) is 38.8 Å². The van der Waals surface area contributed by atoms with Crippen molar-refractivity contribution in [2.75, 3.05) is 6.54 Å². The van der Waals surface area contributed by atoms with Gasteiger partial charge in [-0.15, -0.1) is 0 Å². The standard InChI is InChI=1S/C15H18N4O4S/c1-11-12(10-17-19(11)13-6-3-4-8-16-13)24(22,23)18-9-5-7-15(18,2)14(20)21/h3-4,6,8,10H,5,7,9H2,1-2H3,(H,20,21).